The van der Waals surface area contributed by atoms with Gasteiger partial charge in [0.1, 0.15) is 0 Å². The first-order chi connectivity index (χ1) is 5.74. The van der Waals surface area contributed by atoms with Gasteiger partial charge >= 0.3 is 5.37 Å². The molecule has 0 saturated carbocycles. The molecule has 0 radical (unpaired) electrons. The first-order valence-electron chi connectivity index (χ1n) is 4.30. The summed E-state index contributed by atoms with van der Waals surface area (Å²) in [6, 6.07) is 0. The quantitative estimate of drug-likeness (QED) is 0.468. The highest BCUT2D eigenvalue weighted by molar-refractivity contribution is 6.62. The molecule has 1 amide bonds. The van der Waals surface area contributed by atoms with Crippen LogP contribution in [0.25, 0.3) is 0 Å². The van der Waals surface area contributed by atoms with Crippen LogP contribution in [0.3, 0.4) is 0 Å². The van der Waals surface area contributed by atoms with Crippen molar-refractivity contribution in [1.29, 1.82) is 0 Å². The van der Waals surface area contributed by atoms with Gasteiger partial charge in [-0.1, -0.05) is 6.92 Å². The van der Waals surface area contributed by atoms with E-state index in [-0.39, 0.29) is 11.5 Å². The van der Waals surface area contributed by atoms with E-state index in [1.165, 1.54) is 0 Å². The van der Waals surface area contributed by atoms with Crippen LogP contribution >= 0.6 is 11.6 Å². The van der Waals surface area contributed by atoms with Crippen molar-refractivity contribution < 1.29 is 9.53 Å². The van der Waals surface area contributed by atoms with E-state index >= 15 is 0 Å². The van der Waals surface area contributed by atoms with E-state index in [2.05, 4.69) is 0 Å². The summed E-state index contributed by atoms with van der Waals surface area (Å²) in [5, 5.41) is -0.362. The van der Waals surface area contributed by atoms with Gasteiger partial charge in [0, 0.05) is 19.7 Å². The van der Waals surface area contributed by atoms with E-state index in [4.69, 9.17) is 16.3 Å². The van der Waals surface area contributed by atoms with E-state index in [0.717, 1.165) is 26.0 Å². The second-order valence-electron chi connectivity index (χ2n) is 2.95. The summed E-state index contributed by atoms with van der Waals surface area (Å²) in [7, 11) is 0. The fraction of sp³-hybridized carbons (Fsp3) is 0.875. The topological polar surface area (TPSA) is 29.5 Å². The molecular formula is C8H14ClNO2. The molecule has 1 aliphatic rings. The van der Waals surface area contributed by atoms with Gasteiger partial charge in [0.2, 0.25) is 0 Å². The normalized spacial score (nSPS) is 25.2. The average molecular weight is 192 g/mol. The Bertz CT molecular complexity index is 163. The molecule has 1 atom stereocenters. The lowest BCUT2D eigenvalue weighted by Crippen LogP contribution is -2.33. The molecule has 3 nitrogen and oxygen atoms in total. The molecule has 1 rings (SSSR count). The van der Waals surface area contributed by atoms with Crippen LogP contribution in [0.5, 0.6) is 0 Å². The van der Waals surface area contributed by atoms with Crippen LogP contribution in [0, 0.1) is 0 Å². The summed E-state index contributed by atoms with van der Waals surface area (Å²) in [4.78, 5) is 12.5. The van der Waals surface area contributed by atoms with Gasteiger partial charge in [-0.2, -0.15) is 0 Å². The Kier molecular flexibility index (Phi) is 3.82. The minimum atomic E-state index is -0.362. The first-order valence-corrected chi connectivity index (χ1v) is 4.68. The Morgan fingerprint density at radius 2 is 2.50 bits per heavy atom. The highest BCUT2D eigenvalue weighted by Crippen LogP contribution is 2.10. The molecule has 0 N–H and O–H groups in total. The standard InChI is InChI=1S/C8H14ClNO2/c1-2-7-6-10(8(9)11)4-3-5-12-7/h7H,2-6H2,1H3. The molecule has 1 unspecified atom stereocenters. The van der Waals surface area contributed by atoms with E-state index in [1.54, 1.807) is 4.90 Å². The van der Waals surface area contributed by atoms with Crippen LogP contribution in [0.15, 0.2) is 0 Å². The zero-order chi connectivity index (χ0) is 8.97. The molecular weight excluding hydrogens is 178 g/mol. The highest BCUT2D eigenvalue weighted by atomic mass is 35.5. The third-order valence-electron chi connectivity index (χ3n) is 2.05. The highest BCUT2D eigenvalue weighted by Gasteiger charge is 2.19. The smallest absolute Gasteiger partial charge is 0.316 e. The van der Waals surface area contributed by atoms with Crippen LogP contribution in [-0.2, 0) is 4.74 Å². The SMILES string of the molecule is CCC1CN(C(=O)Cl)CCCO1. The minimum absolute atomic E-state index is 0.162. The van der Waals surface area contributed by atoms with Gasteiger partial charge < -0.3 is 9.64 Å². The van der Waals surface area contributed by atoms with Gasteiger partial charge in [-0.15, -0.1) is 0 Å². The zero-order valence-corrected chi connectivity index (χ0v) is 8.01. The Hall–Kier alpha value is -0.280. The van der Waals surface area contributed by atoms with Gasteiger partial charge in [-0.05, 0) is 24.4 Å². The fourth-order valence-corrected chi connectivity index (χ4v) is 1.46. The van der Waals surface area contributed by atoms with Crippen molar-refractivity contribution >= 4 is 17.0 Å². The molecule has 12 heavy (non-hydrogen) atoms. The molecule has 0 aliphatic carbocycles. The number of carbonyl (C=O) groups excluding carboxylic acids is 1. The summed E-state index contributed by atoms with van der Waals surface area (Å²) < 4.78 is 5.48. The molecule has 0 aromatic carbocycles. The van der Waals surface area contributed by atoms with Gasteiger partial charge in [0.05, 0.1) is 6.10 Å². The number of hydrogen-bond donors (Lipinski definition) is 0. The molecule has 70 valence electrons. The maximum Gasteiger partial charge on any atom is 0.316 e. The largest absolute Gasteiger partial charge is 0.376 e. The van der Waals surface area contributed by atoms with E-state index in [1.807, 2.05) is 6.92 Å². The van der Waals surface area contributed by atoms with Gasteiger partial charge in [-0.3, -0.25) is 4.79 Å². The van der Waals surface area contributed by atoms with Crippen molar-refractivity contribution in [2.24, 2.45) is 0 Å². The molecule has 0 aromatic rings. The number of halogens is 1. The van der Waals surface area contributed by atoms with Crippen molar-refractivity contribution in [1.82, 2.24) is 4.90 Å². The van der Waals surface area contributed by atoms with Crippen LogP contribution in [-0.4, -0.2) is 36.1 Å². The number of rotatable bonds is 1. The maximum atomic E-state index is 10.8. The number of ether oxygens (including phenoxy) is 1. The Morgan fingerprint density at radius 3 is 3.08 bits per heavy atom. The number of amides is 1. The maximum absolute atomic E-state index is 10.8. The molecule has 1 fully saturated rings. The van der Waals surface area contributed by atoms with E-state index < -0.39 is 0 Å². The molecule has 1 heterocycles. The Morgan fingerprint density at radius 1 is 1.75 bits per heavy atom. The summed E-state index contributed by atoms with van der Waals surface area (Å²) in [5.74, 6) is 0. The number of hydrogen-bond acceptors (Lipinski definition) is 2. The van der Waals surface area contributed by atoms with Crippen molar-refractivity contribution in [3.8, 4) is 0 Å². The first kappa shape index (κ1) is 9.81. The molecule has 1 aliphatic heterocycles. The van der Waals surface area contributed by atoms with E-state index in [9.17, 15) is 4.79 Å². The molecule has 4 heteroatoms. The summed E-state index contributed by atoms with van der Waals surface area (Å²) >= 11 is 5.38. The monoisotopic (exact) mass is 191 g/mol. The third-order valence-corrected chi connectivity index (χ3v) is 2.29. The second-order valence-corrected chi connectivity index (χ2v) is 3.28. The number of nitrogens with zero attached hydrogens (tertiary/aromatic N) is 1. The van der Waals surface area contributed by atoms with Gasteiger partial charge in [0.25, 0.3) is 0 Å². The second kappa shape index (κ2) is 4.67. The van der Waals surface area contributed by atoms with Crippen molar-refractivity contribution in [2.75, 3.05) is 19.7 Å². The summed E-state index contributed by atoms with van der Waals surface area (Å²) in [5.41, 5.74) is 0. The van der Waals surface area contributed by atoms with Gasteiger partial charge in [-0.25, -0.2) is 0 Å². The predicted molar refractivity (Wildman–Crippen MR) is 47.5 cm³/mol. The lowest BCUT2D eigenvalue weighted by molar-refractivity contribution is 0.0567. The lowest BCUT2D eigenvalue weighted by atomic mass is 10.2. The summed E-state index contributed by atoms with van der Waals surface area (Å²) in [6.07, 6.45) is 1.98. The number of carbonyl (C=O) groups is 1. The van der Waals surface area contributed by atoms with Crippen LogP contribution in [0.4, 0.5) is 4.79 Å². The van der Waals surface area contributed by atoms with Crippen molar-refractivity contribution in [3.63, 3.8) is 0 Å². The third kappa shape index (κ3) is 2.64. The molecule has 1 saturated heterocycles. The lowest BCUT2D eigenvalue weighted by Gasteiger charge is -2.20. The molecule has 0 spiro atoms. The van der Waals surface area contributed by atoms with E-state index in [0.29, 0.717) is 6.54 Å². The zero-order valence-electron chi connectivity index (χ0n) is 7.25. The predicted octanol–water partition coefficient (Wildman–Crippen LogP) is 1.85. The van der Waals surface area contributed by atoms with Crippen molar-refractivity contribution in [2.45, 2.75) is 25.9 Å². The fourth-order valence-electron chi connectivity index (χ4n) is 1.30. The molecule has 0 aromatic heterocycles. The molecule has 0 bridgehead atoms. The Labute approximate surface area is 77.6 Å². The van der Waals surface area contributed by atoms with Crippen molar-refractivity contribution in [3.05, 3.63) is 0 Å². The minimum Gasteiger partial charge on any atom is -0.376 e. The Balaban J connectivity index is 2.47. The van der Waals surface area contributed by atoms with Gasteiger partial charge in [0.15, 0.2) is 0 Å². The van der Waals surface area contributed by atoms with Crippen LogP contribution in [0.2, 0.25) is 0 Å². The van der Waals surface area contributed by atoms with Crippen LogP contribution < -0.4 is 0 Å². The summed E-state index contributed by atoms with van der Waals surface area (Å²) in [6.45, 7) is 4.14. The average Bonchev–Trinajstić information content (AvgIpc) is 2.28. The van der Waals surface area contributed by atoms with Crippen LogP contribution in [0.1, 0.15) is 19.8 Å².